The molecule has 7 heteroatoms. The van der Waals surface area contributed by atoms with Crippen LogP contribution in [0.5, 0.6) is 0 Å². The first-order valence-electron chi connectivity index (χ1n) is 9.93. The second-order valence-electron chi connectivity index (χ2n) is 8.02. The number of carbonyl (C=O) groups is 2. The van der Waals surface area contributed by atoms with E-state index in [2.05, 4.69) is 9.88 Å². The summed E-state index contributed by atoms with van der Waals surface area (Å²) < 4.78 is 0. The van der Waals surface area contributed by atoms with Gasteiger partial charge in [0.1, 0.15) is 17.9 Å². The molecule has 152 valence electrons. The van der Waals surface area contributed by atoms with Gasteiger partial charge in [-0.15, -0.1) is 0 Å². The first-order valence-corrected chi connectivity index (χ1v) is 10.3. The zero-order valence-electron chi connectivity index (χ0n) is 16.7. The summed E-state index contributed by atoms with van der Waals surface area (Å²) in [6.45, 7) is 5.56. The van der Waals surface area contributed by atoms with Gasteiger partial charge in [0.15, 0.2) is 0 Å². The summed E-state index contributed by atoms with van der Waals surface area (Å²) >= 11 is 6.01. The molecule has 2 aromatic rings. The van der Waals surface area contributed by atoms with Crippen molar-refractivity contribution in [3.05, 3.63) is 59.2 Å². The molecule has 2 saturated heterocycles. The van der Waals surface area contributed by atoms with Gasteiger partial charge in [-0.2, -0.15) is 0 Å². The molecule has 2 aliphatic rings. The highest BCUT2D eigenvalue weighted by atomic mass is 35.5. The van der Waals surface area contributed by atoms with Crippen LogP contribution in [0.1, 0.15) is 25.8 Å². The fraction of sp³-hybridized carbons (Fsp3) is 0.409. The molecule has 1 aromatic carbocycles. The van der Waals surface area contributed by atoms with E-state index in [1.165, 1.54) is 0 Å². The lowest BCUT2D eigenvalue weighted by Crippen LogP contribution is -2.69. The summed E-state index contributed by atoms with van der Waals surface area (Å²) in [5.74, 6) is 0.841. The molecule has 2 aliphatic heterocycles. The van der Waals surface area contributed by atoms with Gasteiger partial charge in [0.25, 0.3) is 5.91 Å². The fourth-order valence-corrected chi connectivity index (χ4v) is 4.40. The van der Waals surface area contributed by atoms with Crippen molar-refractivity contribution < 1.29 is 9.59 Å². The van der Waals surface area contributed by atoms with Crippen LogP contribution in [0.3, 0.4) is 0 Å². The van der Waals surface area contributed by atoms with Crippen molar-refractivity contribution in [1.82, 2.24) is 14.8 Å². The molecule has 0 saturated carbocycles. The highest BCUT2D eigenvalue weighted by Crippen LogP contribution is 2.37. The van der Waals surface area contributed by atoms with Crippen molar-refractivity contribution in [1.29, 1.82) is 0 Å². The lowest BCUT2D eigenvalue weighted by Gasteiger charge is -2.48. The quantitative estimate of drug-likeness (QED) is 0.774. The number of hydrogen-bond donors (Lipinski definition) is 0. The smallest absolute Gasteiger partial charge is 0.251 e. The summed E-state index contributed by atoms with van der Waals surface area (Å²) in [6, 6.07) is 13.2. The van der Waals surface area contributed by atoms with Gasteiger partial charge in [0.05, 0.1) is 6.54 Å². The maximum atomic E-state index is 13.6. The Balaban J connectivity index is 1.69. The summed E-state index contributed by atoms with van der Waals surface area (Å²) in [6.07, 6.45) is 2.34. The summed E-state index contributed by atoms with van der Waals surface area (Å²) in [4.78, 5) is 36.9. The van der Waals surface area contributed by atoms with E-state index in [4.69, 9.17) is 11.6 Å². The molecule has 0 aliphatic carbocycles. The van der Waals surface area contributed by atoms with E-state index in [0.717, 1.165) is 11.4 Å². The lowest BCUT2D eigenvalue weighted by molar-refractivity contribution is -0.166. The van der Waals surface area contributed by atoms with Crippen LogP contribution < -0.4 is 4.90 Å². The molecule has 0 bridgehead atoms. The number of pyridine rings is 1. The number of amides is 2. The van der Waals surface area contributed by atoms with Crippen LogP contribution in [-0.2, 0) is 16.1 Å². The molecule has 4 rings (SSSR count). The zero-order chi connectivity index (χ0) is 20.6. The molecule has 1 aromatic heterocycles. The van der Waals surface area contributed by atoms with Crippen LogP contribution >= 0.6 is 11.6 Å². The average Bonchev–Trinajstić information content (AvgIpc) is 3.16. The fourth-order valence-electron chi connectivity index (χ4n) is 4.28. The SMILES string of the molecule is CC(C)N1CC(=O)N(Cc2ccc(Cl)cc2)[C@@]2(CCN(c3ccccn3)C2)C1=O. The van der Waals surface area contributed by atoms with Gasteiger partial charge in [0, 0.05) is 30.4 Å². The first kappa shape index (κ1) is 19.7. The van der Waals surface area contributed by atoms with E-state index in [1.54, 1.807) is 16.0 Å². The van der Waals surface area contributed by atoms with Gasteiger partial charge < -0.3 is 14.7 Å². The third kappa shape index (κ3) is 3.57. The highest BCUT2D eigenvalue weighted by Gasteiger charge is 2.56. The summed E-state index contributed by atoms with van der Waals surface area (Å²) in [5, 5.41) is 0.651. The Morgan fingerprint density at radius 2 is 1.90 bits per heavy atom. The van der Waals surface area contributed by atoms with Crippen molar-refractivity contribution in [2.24, 2.45) is 0 Å². The number of carbonyl (C=O) groups excluding carboxylic acids is 2. The maximum absolute atomic E-state index is 13.6. The minimum Gasteiger partial charge on any atom is -0.354 e. The van der Waals surface area contributed by atoms with Crippen LogP contribution in [0.15, 0.2) is 48.7 Å². The number of anilines is 1. The number of rotatable bonds is 4. The Morgan fingerprint density at radius 1 is 1.14 bits per heavy atom. The number of halogens is 1. The Kier molecular flexibility index (Phi) is 5.21. The molecular weight excluding hydrogens is 388 g/mol. The Morgan fingerprint density at radius 3 is 2.55 bits per heavy atom. The van der Waals surface area contributed by atoms with Crippen molar-refractivity contribution in [3.8, 4) is 0 Å². The second-order valence-corrected chi connectivity index (χ2v) is 8.46. The minimum absolute atomic E-state index is 0.0175. The minimum atomic E-state index is -0.878. The van der Waals surface area contributed by atoms with E-state index in [0.29, 0.717) is 31.1 Å². The normalized spacial score (nSPS) is 22.3. The molecule has 0 N–H and O–H groups in total. The first-order chi connectivity index (χ1) is 13.9. The number of aromatic nitrogens is 1. The van der Waals surface area contributed by atoms with Crippen LogP contribution in [0.25, 0.3) is 0 Å². The Hall–Kier alpha value is -2.60. The van der Waals surface area contributed by atoms with Crippen LogP contribution in [0.2, 0.25) is 5.02 Å². The Labute approximate surface area is 176 Å². The second kappa shape index (κ2) is 7.67. The van der Waals surface area contributed by atoms with Gasteiger partial charge >= 0.3 is 0 Å². The standard InChI is InChI=1S/C22H25ClN4O2/c1-16(2)26-14-20(28)27(13-17-6-8-18(23)9-7-17)22(21(26)29)10-12-25(15-22)19-5-3-4-11-24-19/h3-9,11,16H,10,12-15H2,1-2H3/t22-/m1/s1. The van der Waals surface area contributed by atoms with Crippen LogP contribution in [0.4, 0.5) is 5.82 Å². The van der Waals surface area contributed by atoms with E-state index < -0.39 is 5.54 Å². The van der Waals surface area contributed by atoms with E-state index in [-0.39, 0.29) is 24.4 Å². The topological polar surface area (TPSA) is 56.8 Å². The Bertz CT molecular complexity index is 903. The van der Waals surface area contributed by atoms with E-state index in [1.807, 2.05) is 56.3 Å². The van der Waals surface area contributed by atoms with Gasteiger partial charge in [-0.3, -0.25) is 9.59 Å². The predicted octanol–water partition coefficient (Wildman–Crippen LogP) is 2.96. The largest absolute Gasteiger partial charge is 0.354 e. The lowest BCUT2D eigenvalue weighted by atomic mass is 9.89. The van der Waals surface area contributed by atoms with Gasteiger partial charge in [-0.05, 0) is 50.1 Å². The monoisotopic (exact) mass is 412 g/mol. The zero-order valence-corrected chi connectivity index (χ0v) is 17.5. The molecule has 1 atom stereocenters. The molecule has 6 nitrogen and oxygen atoms in total. The number of piperazine rings is 1. The van der Waals surface area contributed by atoms with E-state index >= 15 is 0 Å². The third-order valence-electron chi connectivity index (χ3n) is 5.88. The number of nitrogens with zero attached hydrogens (tertiary/aromatic N) is 4. The third-order valence-corrected chi connectivity index (χ3v) is 6.13. The summed E-state index contributed by atoms with van der Waals surface area (Å²) in [5.41, 5.74) is 0.0840. The van der Waals surface area contributed by atoms with Gasteiger partial charge in [-0.25, -0.2) is 4.98 Å². The van der Waals surface area contributed by atoms with Crippen molar-refractivity contribution >= 4 is 29.2 Å². The van der Waals surface area contributed by atoms with Crippen LogP contribution in [0, 0.1) is 0 Å². The molecule has 3 heterocycles. The van der Waals surface area contributed by atoms with Crippen molar-refractivity contribution in [2.45, 2.75) is 38.4 Å². The number of hydrogen-bond acceptors (Lipinski definition) is 4. The number of benzene rings is 1. The molecule has 2 fully saturated rings. The van der Waals surface area contributed by atoms with Crippen molar-refractivity contribution in [3.63, 3.8) is 0 Å². The molecule has 2 amide bonds. The van der Waals surface area contributed by atoms with Gasteiger partial charge in [0.2, 0.25) is 5.91 Å². The molecule has 29 heavy (non-hydrogen) atoms. The highest BCUT2D eigenvalue weighted by molar-refractivity contribution is 6.30. The van der Waals surface area contributed by atoms with Gasteiger partial charge in [-0.1, -0.05) is 29.8 Å². The average molecular weight is 413 g/mol. The molecule has 1 spiro atoms. The van der Waals surface area contributed by atoms with E-state index in [9.17, 15) is 9.59 Å². The summed E-state index contributed by atoms with van der Waals surface area (Å²) in [7, 11) is 0. The molecular formula is C22H25ClN4O2. The predicted molar refractivity (Wildman–Crippen MR) is 113 cm³/mol. The molecule has 0 unspecified atom stereocenters. The van der Waals surface area contributed by atoms with Crippen molar-refractivity contribution in [2.75, 3.05) is 24.5 Å². The maximum Gasteiger partial charge on any atom is 0.251 e. The van der Waals surface area contributed by atoms with Crippen LogP contribution in [-0.4, -0.2) is 57.8 Å². The molecule has 0 radical (unpaired) electrons.